The average molecular weight is 312 g/mol. The Morgan fingerprint density at radius 3 is 2.41 bits per heavy atom. The number of methoxy groups -OCH3 is 1. The first-order valence-corrected chi connectivity index (χ1v) is 7.43. The Balaban J connectivity index is 2.07. The highest BCUT2D eigenvalue weighted by Crippen LogP contribution is 2.18. The number of rotatable bonds is 4. The smallest absolute Gasteiger partial charge is 0.254 e. The summed E-state index contributed by atoms with van der Waals surface area (Å²) in [5, 5.41) is 0. The zero-order valence-corrected chi connectivity index (χ0v) is 13.2. The van der Waals surface area contributed by atoms with Crippen molar-refractivity contribution in [2.24, 2.45) is 0 Å². The van der Waals surface area contributed by atoms with Gasteiger partial charge < -0.3 is 9.64 Å². The highest BCUT2D eigenvalue weighted by Gasteiger charge is 2.32. The summed E-state index contributed by atoms with van der Waals surface area (Å²) in [6.45, 7) is 6.68. The van der Waals surface area contributed by atoms with Crippen molar-refractivity contribution in [1.82, 2.24) is 9.80 Å². The van der Waals surface area contributed by atoms with Crippen molar-refractivity contribution in [2.45, 2.75) is 25.9 Å². The Morgan fingerprint density at radius 1 is 1.23 bits per heavy atom. The molecule has 1 aromatic rings. The predicted molar refractivity (Wildman–Crippen MR) is 79.8 cm³/mol. The van der Waals surface area contributed by atoms with Crippen LogP contribution in [0, 0.1) is 11.6 Å². The number of amides is 1. The molecule has 22 heavy (non-hydrogen) atoms. The standard InChI is InChI=1S/C16H22F2N2O2/c1-11-9-19(10-12(2)20(11)6-7-22-3)16(21)13-4-5-14(17)15(18)8-13/h4-5,8,11-12H,6-7,9-10H2,1-3H3. The van der Waals surface area contributed by atoms with Gasteiger partial charge in [-0.1, -0.05) is 0 Å². The fourth-order valence-electron chi connectivity index (χ4n) is 2.97. The molecule has 4 nitrogen and oxygen atoms in total. The molecule has 1 aliphatic heterocycles. The summed E-state index contributed by atoms with van der Waals surface area (Å²) in [6.07, 6.45) is 0. The maximum Gasteiger partial charge on any atom is 0.254 e. The van der Waals surface area contributed by atoms with Crippen LogP contribution in [-0.2, 0) is 4.74 Å². The van der Waals surface area contributed by atoms with E-state index in [0.29, 0.717) is 19.7 Å². The summed E-state index contributed by atoms with van der Waals surface area (Å²) in [5.74, 6) is -2.20. The normalized spacial score (nSPS) is 22.9. The predicted octanol–water partition coefficient (Wildman–Crippen LogP) is 2.15. The van der Waals surface area contributed by atoms with Crippen molar-refractivity contribution < 1.29 is 18.3 Å². The Labute approximate surface area is 129 Å². The minimum Gasteiger partial charge on any atom is -0.383 e. The molecule has 1 aromatic carbocycles. The molecule has 2 unspecified atom stereocenters. The lowest BCUT2D eigenvalue weighted by Crippen LogP contribution is -2.58. The van der Waals surface area contributed by atoms with Crippen LogP contribution in [0.1, 0.15) is 24.2 Å². The Bertz CT molecular complexity index is 527. The zero-order chi connectivity index (χ0) is 16.3. The third kappa shape index (κ3) is 3.62. The summed E-state index contributed by atoms with van der Waals surface area (Å²) in [5.41, 5.74) is 0.184. The highest BCUT2D eigenvalue weighted by atomic mass is 19.2. The van der Waals surface area contributed by atoms with E-state index in [1.165, 1.54) is 6.07 Å². The lowest BCUT2D eigenvalue weighted by Gasteiger charge is -2.44. The summed E-state index contributed by atoms with van der Waals surface area (Å²) in [6, 6.07) is 3.66. The number of nitrogens with zero attached hydrogens (tertiary/aromatic N) is 2. The van der Waals surface area contributed by atoms with Crippen molar-refractivity contribution in [3.63, 3.8) is 0 Å². The van der Waals surface area contributed by atoms with E-state index in [2.05, 4.69) is 18.7 Å². The van der Waals surface area contributed by atoms with Gasteiger partial charge in [0.15, 0.2) is 11.6 Å². The second-order valence-electron chi connectivity index (χ2n) is 5.77. The number of ether oxygens (including phenoxy) is 1. The van der Waals surface area contributed by atoms with Crippen LogP contribution in [0.15, 0.2) is 18.2 Å². The maximum absolute atomic E-state index is 13.3. The van der Waals surface area contributed by atoms with Gasteiger partial charge in [0.05, 0.1) is 6.61 Å². The molecular formula is C16H22F2N2O2. The number of halogens is 2. The Kier molecular flexibility index (Phi) is 5.47. The zero-order valence-electron chi connectivity index (χ0n) is 13.2. The molecule has 0 spiro atoms. The van der Waals surface area contributed by atoms with Crippen LogP contribution in [0.3, 0.4) is 0 Å². The van der Waals surface area contributed by atoms with Gasteiger partial charge >= 0.3 is 0 Å². The molecule has 6 heteroatoms. The third-order valence-electron chi connectivity index (χ3n) is 4.11. The number of piperazine rings is 1. The summed E-state index contributed by atoms with van der Waals surface area (Å²) in [7, 11) is 1.66. The molecule has 2 atom stereocenters. The summed E-state index contributed by atoms with van der Waals surface area (Å²) in [4.78, 5) is 16.5. The van der Waals surface area contributed by atoms with Crippen LogP contribution in [0.2, 0.25) is 0 Å². The number of carbonyl (C=O) groups excluding carboxylic acids is 1. The number of benzene rings is 1. The van der Waals surface area contributed by atoms with Crippen LogP contribution in [0.5, 0.6) is 0 Å². The molecule has 1 saturated heterocycles. The van der Waals surface area contributed by atoms with Crippen molar-refractivity contribution in [3.05, 3.63) is 35.4 Å². The van der Waals surface area contributed by atoms with Crippen molar-refractivity contribution in [2.75, 3.05) is 33.4 Å². The van der Waals surface area contributed by atoms with E-state index in [1.54, 1.807) is 12.0 Å². The van der Waals surface area contributed by atoms with Gasteiger partial charge in [-0.15, -0.1) is 0 Å². The fraction of sp³-hybridized carbons (Fsp3) is 0.562. The minimum absolute atomic E-state index is 0.184. The average Bonchev–Trinajstić information content (AvgIpc) is 2.48. The molecule has 0 aromatic heterocycles. The molecule has 1 aliphatic rings. The van der Waals surface area contributed by atoms with E-state index in [1.807, 2.05) is 0 Å². The summed E-state index contributed by atoms with van der Waals surface area (Å²) >= 11 is 0. The quantitative estimate of drug-likeness (QED) is 0.854. The van der Waals surface area contributed by atoms with E-state index in [0.717, 1.165) is 18.7 Å². The lowest BCUT2D eigenvalue weighted by atomic mass is 10.1. The van der Waals surface area contributed by atoms with Gasteiger partial charge in [-0.2, -0.15) is 0 Å². The van der Waals surface area contributed by atoms with Gasteiger partial charge in [0, 0.05) is 44.4 Å². The molecule has 0 radical (unpaired) electrons. The first-order valence-electron chi connectivity index (χ1n) is 7.43. The van der Waals surface area contributed by atoms with Gasteiger partial charge in [0.2, 0.25) is 0 Å². The molecular weight excluding hydrogens is 290 g/mol. The first-order chi connectivity index (χ1) is 10.4. The van der Waals surface area contributed by atoms with E-state index < -0.39 is 11.6 Å². The van der Waals surface area contributed by atoms with E-state index in [-0.39, 0.29) is 23.6 Å². The van der Waals surface area contributed by atoms with Gasteiger partial charge in [0.25, 0.3) is 5.91 Å². The SMILES string of the molecule is COCCN1C(C)CN(C(=O)c2ccc(F)c(F)c2)CC1C. The second-order valence-corrected chi connectivity index (χ2v) is 5.77. The Hall–Kier alpha value is -1.53. The van der Waals surface area contributed by atoms with Crippen LogP contribution >= 0.6 is 0 Å². The van der Waals surface area contributed by atoms with Crippen LogP contribution < -0.4 is 0 Å². The van der Waals surface area contributed by atoms with E-state index in [9.17, 15) is 13.6 Å². The second kappa shape index (κ2) is 7.15. The molecule has 0 aliphatic carbocycles. The molecule has 1 amide bonds. The van der Waals surface area contributed by atoms with Gasteiger partial charge in [-0.25, -0.2) is 8.78 Å². The number of hydrogen-bond acceptors (Lipinski definition) is 3. The Morgan fingerprint density at radius 2 is 1.86 bits per heavy atom. The molecule has 1 heterocycles. The van der Waals surface area contributed by atoms with Crippen LogP contribution in [0.25, 0.3) is 0 Å². The van der Waals surface area contributed by atoms with Gasteiger partial charge in [-0.3, -0.25) is 9.69 Å². The maximum atomic E-state index is 13.3. The third-order valence-corrected chi connectivity index (χ3v) is 4.11. The fourth-order valence-corrected chi connectivity index (χ4v) is 2.97. The van der Waals surface area contributed by atoms with Crippen LogP contribution in [-0.4, -0.2) is 61.1 Å². The largest absolute Gasteiger partial charge is 0.383 e. The van der Waals surface area contributed by atoms with Crippen molar-refractivity contribution in [1.29, 1.82) is 0 Å². The molecule has 122 valence electrons. The minimum atomic E-state index is -0.995. The first kappa shape index (κ1) is 16.8. The highest BCUT2D eigenvalue weighted by molar-refractivity contribution is 5.94. The monoisotopic (exact) mass is 312 g/mol. The van der Waals surface area contributed by atoms with Gasteiger partial charge in [-0.05, 0) is 32.0 Å². The summed E-state index contributed by atoms with van der Waals surface area (Å²) < 4.78 is 31.4. The molecule has 0 N–H and O–H groups in total. The molecule has 0 bridgehead atoms. The number of hydrogen-bond donors (Lipinski definition) is 0. The van der Waals surface area contributed by atoms with E-state index >= 15 is 0 Å². The van der Waals surface area contributed by atoms with Crippen molar-refractivity contribution >= 4 is 5.91 Å². The van der Waals surface area contributed by atoms with Gasteiger partial charge in [0.1, 0.15) is 0 Å². The lowest BCUT2D eigenvalue weighted by molar-refractivity contribution is 0.0193. The molecule has 0 saturated carbocycles. The van der Waals surface area contributed by atoms with E-state index in [4.69, 9.17) is 4.74 Å². The van der Waals surface area contributed by atoms with Crippen molar-refractivity contribution in [3.8, 4) is 0 Å². The molecule has 2 rings (SSSR count). The topological polar surface area (TPSA) is 32.8 Å². The molecule has 1 fully saturated rings. The number of carbonyl (C=O) groups is 1. The van der Waals surface area contributed by atoms with Crippen LogP contribution in [0.4, 0.5) is 8.78 Å².